The van der Waals surface area contributed by atoms with Crippen LogP contribution in [-0.4, -0.2) is 48.1 Å². The number of carbonyl (C=O) groups excluding carboxylic acids is 1. The molecule has 0 aromatic heterocycles. The van der Waals surface area contributed by atoms with E-state index in [1.807, 2.05) is 25.7 Å². The molecule has 3 heterocycles. The first-order chi connectivity index (χ1) is 14.4. The minimum Gasteiger partial charge on any atom is -0.493 e. The van der Waals surface area contributed by atoms with E-state index in [4.69, 9.17) is 18.8 Å². The summed E-state index contributed by atoms with van der Waals surface area (Å²) in [4.78, 5) is 14.8. The summed E-state index contributed by atoms with van der Waals surface area (Å²) in [6.45, 7) is 15.4. The molecule has 2 fully saturated rings. The van der Waals surface area contributed by atoms with Crippen molar-refractivity contribution >= 4 is 18.7 Å². The van der Waals surface area contributed by atoms with E-state index in [9.17, 15) is 4.79 Å². The number of nitrogens with zero attached hydrogens (tertiary/aromatic N) is 1. The average Bonchev–Trinajstić information content (AvgIpc) is 3.22. The number of hydrogen-bond donors (Lipinski definition) is 0. The Morgan fingerprint density at radius 3 is 2.45 bits per heavy atom. The monoisotopic (exact) mass is 429 g/mol. The van der Waals surface area contributed by atoms with Gasteiger partial charge in [0.25, 0.3) is 0 Å². The molecule has 31 heavy (non-hydrogen) atoms. The molecule has 4 rings (SSSR count). The highest BCUT2D eigenvalue weighted by Crippen LogP contribution is 2.42. The Hall–Kier alpha value is -1.73. The van der Waals surface area contributed by atoms with Crippen molar-refractivity contribution in [2.24, 2.45) is 0 Å². The molecule has 6 nitrogen and oxygen atoms in total. The molecule has 0 spiro atoms. The number of aryl methyl sites for hydroxylation is 1. The van der Waals surface area contributed by atoms with Crippen molar-refractivity contribution in [3.63, 3.8) is 0 Å². The molecule has 1 aromatic rings. The third-order valence-corrected chi connectivity index (χ3v) is 6.82. The van der Waals surface area contributed by atoms with E-state index < -0.39 is 23.9 Å². The van der Waals surface area contributed by atoms with Crippen LogP contribution in [0.3, 0.4) is 0 Å². The van der Waals surface area contributed by atoms with E-state index in [-0.39, 0.29) is 12.1 Å². The Balaban J connectivity index is 1.70. The first-order valence-electron chi connectivity index (χ1n) is 11.5. The van der Waals surface area contributed by atoms with Crippen LogP contribution < -0.4 is 10.2 Å². The van der Waals surface area contributed by atoms with Gasteiger partial charge in [-0.05, 0) is 85.2 Å². The van der Waals surface area contributed by atoms with Crippen LogP contribution in [-0.2, 0) is 20.5 Å². The largest absolute Gasteiger partial charge is 0.494 e. The molecule has 1 aromatic carbocycles. The minimum absolute atomic E-state index is 0.0657. The van der Waals surface area contributed by atoms with Gasteiger partial charge in [-0.25, -0.2) is 4.79 Å². The predicted octanol–water partition coefficient (Wildman–Crippen LogP) is 4.38. The second kappa shape index (κ2) is 7.70. The number of hydrogen-bond acceptors (Lipinski definition) is 5. The Kier molecular flexibility index (Phi) is 5.58. The summed E-state index contributed by atoms with van der Waals surface area (Å²) in [6.07, 6.45) is 3.51. The van der Waals surface area contributed by atoms with Crippen molar-refractivity contribution in [1.29, 1.82) is 0 Å². The molecule has 3 aliphatic heterocycles. The molecule has 0 aliphatic carbocycles. The third-order valence-electron chi connectivity index (χ3n) is 6.82. The number of amides is 1. The summed E-state index contributed by atoms with van der Waals surface area (Å²) in [5.41, 5.74) is 1.88. The lowest BCUT2D eigenvalue weighted by molar-refractivity contribution is 0.00578. The van der Waals surface area contributed by atoms with Crippen LogP contribution in [0.15, 0.2) is 12.1 Å². The fraction of sp³-hybridized carbons (Fsp3) is 0.708. The van der Waals surface area contributed by atoms with Gasteiger partial charge in [0.1, 0.15) is 11.4 Å². The number of rotatable bonds is 2. The van der Waals surface area contributed by atoms with E-state index in [1.54, 1.807) is 0 Å². The van der Waals surface area contributed by atoms with Crippen molar-refractivity contribution < 1.29 is 23.6 Å². The van der Waals surface area contributed by atoms with Gasteiger partial charge in [0.05, 0.1) is 23.9 Å². The average molecular weight is 429 g/mol. The maximum atomic E-state index is 12.9. The summed E-state index contributed by atoms with van der Waals surface area (Å²) in [5.74, 6) is 0.923. The molecule has 3 aliphatic rings. The van der Waals surface area contributed by atoms with Gasteiger partial charge < -0.3 is 23.7 Å². The second-order valence-corrected chi connectivity index (χ2v) is 11.0. The van der Waals surface area contributed by atoms with Gasteiger partial charge >= 0.3 is 13.2 Å². The zero-order valence-corrected chi connectivity index (χ0v) is 20.0. The molecular formula is C24H36BNO5. The van der Waals surface area contributed by atoms with Crippen molar-refractivity contribution in [3.05, 3.63) is 23.3 Å². The minimum atomic E-state index is -0.523. The number of likely N-dealkylation sites (tertiary alicyclic amines) is 1. The molecule has 1 atom stereocenters. The summed E-state index contributed by atoms with van der Waals surface area (Å²) < 4.78 is 24.5. The standard InChI is InChI=1S/C24H36BNO5/c1-22(2,3)29-21(27)26-12-8-11-19(26)18-15-17(14-16-10-9-13-28-20(16)18)25-30-23(4,5)24(6,7)31-25/h14-15,19H,8-13H2,1-7H3. The summed E-state index contributed by atoms with van der Waals surface area (Å²) in [5, 5.41) is 0. The van der Waals surface area contributed by atoms with Gasteiger partial charge in [0.15, 0.2) is 0 Å². The van der Waals surface area contributed by atoms with Crippen molar-refractivity contribution in [3.8, 4) is 5.75 Å². The molecule has 0 bridgehead atoms. The van der Waals surface area contributed by atoms with Crippen molar-refractivity contribution in [2.75, 3.05) is 13.2 Å². The SMILES string of the molecule is CC(C)(C)OC(=O)N1CCCC1c1cc(B2OC(C)(C)C(C)(C)O2)cc2c1OCCC2. The fourth-order valence-corrected chi connectivity index (χ4v) is 4.53. The third kappa shape index (κ3) is 4.31. The van der Waals surface area contributed by atoms with Crippen LogP contribution in [0, 0.1) is 0 Å². The summed E-state index contributed by atoms with van der Waals surface area (Å²) >= 11 is 0. The zero-order valence-electron chi connectivity index (χ0n) is 20.0. The first kappa shape index (κ1) is 22.5. The van der Waals surface area contributed by atoms with Gasteiger partial charge in [0, 0.05) is 12.1 Å². The summed E-state index contributed by atoms with van der Waals surface area (Å²) in [6, 6.07) is 4.22. The van der Waals surface area contributed by atoms with Crippen LogP contribution in [0.5, 0.6) is 5.75 Å². The lowest BCUT2D eigenvalue weighted by Gasteiger charge is -2.32. The number of fused-ring (bicyclic) bond motifs is 1. The Morgan fingerprint density at radius 2 is 1.81 bits per heavy atom. The number of benzene rings is 1. The lowest BCUT2D eigenvalue weighted by Crippen LogP contribution is -2.41. The molecule has 170 valence electrons. The van der Waals surface area contributed by atoms with Gasteiger partial charge in [0.2, 0.25) is 0 Å². The van der Waals surface area contributed by atoms with Crippen molar-refractivity contribution in [1.82, 2.24) is 4.90 Å². The van der Waals surface area contributed by atoms with E-state index in [1.165, 1.54) is 5.56 Å². The molecular weight excluding hydrogens is 393 g/mol. The highest BCUT2D eigenvalue weighted by atomic mass is 16.7. The maximum absolute atomic E-state index is 12.9. The van der Waals surface area contributed by atoms with E-state index >= 15 is 0 Å². The van der Waals surface area contributed by atoms with E-state index in [0.29, 0.717) is 13.2 Å². The Labute approximate surface area is 186 Å². The molecule has 0 radical (unpaired) electrons. The van der Waals surface area contributed by atoms with Gasteiger partial charge in [-0.3, -0.25) is 0 Å². The van der Waals surface area contributed by atoms with E-state index in [2.05, 4.69) is 39.8 Å². The Morgan fingerprint density at radius 1 is 1.13 bits per heavy atom. The zero-order chi connectivity index (χ0) is 22.6. The lowest BCUT2D eigenvalue weighted by atomic mass is 9.76. The highest BCUT2D eigenvalue weighted by molar-refractivity contribution is 6.62. The fourth-order valence-electron chi connectivity index (χ4n) is 4.53. The normalized spacial score (nSPS) is 24.7. The van der Waals surface area contributed by atoms with Crippen LogP contribution in [0.25, 0.3) is 0 Å². The molecule has 1 amide bonds. The van der Waals surface area contributed by atoms with Crippen LogP contribution >= 0.6 is 0 Å². The summed E-state index contributed by atoms with van der Waals surface area (Å²) in [7, 11) is -0.438. The maximum Gasteiger partial charge on any atom is 0.494 e. The molecule has 1 unspecified atom stereocenters. The van der Waals surface area contributed by atoms with E-state index in [0.717, 1.165) is 42.5 Å². The first-order valence-corrected chi connectivity index (χ1v) is 11.5. The van der Waals surface area contributed by atoms with Crippen molar-refractivity contribution in [2.45, 2.75) is 97.0 Å². The topological polar surface area (TPSA) is 57.2 Å². The van der Waals surface area contributed by atoms with Crippen LogP contribution in [0.1, 0.15) is 84.9 Å². The number of carbonyl (C=O) groups is 1. The van der Waals surface area contributed by atoms with Gasteiger partial charge in [-0.15, -0.1) is 0 Å². The molecule has 2 saturated heterocycles. The highest BCUT2D eigenvalue weighted by Gasteiger charge is 2.52. The molecule has 0 N–H and O–H groups in total. The smallest absolute Gasteiger partial charge is 0.493 e. The van der Waals surface area contributed by atoms with Crippen LogP contribution in [0.4, 0.5) is 4.79 Å². The second-order valence-electron chi connectivity index (χ2n) is 11.0. The predicted molar refractivity (Wildman–Crippen MR) is 121 cm³/mol. The Bertz CT molecular complexity index is 844. The van der Waals surface area contributed by atoms with Crippen LogP contribution in [0.2, 0.25) is 0 Å². The molecule has 7 heteroatoms. The molecule has 0 saturated carbocycles. The quantitative estimate of drug-likeness (QED) is 0.653. The van der Waals surface area contributed by atoms with Gasteiger partial charge in [-0.1, -0.05) is 12.1 Å². The van der Waals surface area contributed by atoms with Gasteiger partial charge in [-0.2, -0.15) is 0 Å². The number of ether oxygens (including phenoxy) is 2.